The van der Waals surface area contributed by atoms with Gasteiger partial charge in [-0.25, -0.2) is 0 Å². The molecule has 0 aliphatic carbocycles. The SMILES string of the molecule is [2H]c1c([2H])c([2H])c2c(c1[2H])c1cc(C([2H])([2H])C(C)(C)C)ccc1n2-c1ccc2c(c1)N(c1c(-c3cccc(C([2H])([2H])C(C)(C)C)c3)cc(C(C)(C)C)cc1-c1cccc(C([2H])([2H])C(C)(C)C)c1)c1cc(CC(C)(C)C)cc3c1B2c1ccc(-n2c4ccc(C([2H])([2H])C(C)(C)C)cc4c4c([2H])c([2H])c([2H])c([2H])c42)cc1N3c1c(-c2cccc(C([2H])([2H])C(C)(C)C)c2)cc(C(C)(C)C)cc1-c1cccc(C([2H])([2H])C(C)(C)C)c1. The van der Waals surface area contributed by atoms with Crippen LogP contribution in [0.15, 0.2) is 255 Å². The fraction of sp³-hybridized carbons (Fsp3) is 0.355. The minimum atomic E-state index is -1.96. The predicted octanol–water partition coefficient (Wildman–Crippen LogP) is 32.3. The summed E-state index contributed by atoms with van der Waals surface area (Å²) in [7, 11) is 0. The molecule has 15 aromatic rings. The van der Waals surface area contributed by atoms with Crippen molar-refractivity contribution in [2.45, 2.75) is 242 Å². The summed E-state index contributed by atoms with van der Waals surface area (Å²) in [5.41, 5.74) is 10.6. The molecule has 644 valence electrons. The van der Waals surface area contributed by atoms with Crippen molar-refractivity contribution in [2.75, 3.05) is 9.80 Å². The number of hydrogen-bond acceptors (Lipinski definition) is 2. The van der Waals surface area contributed by atoms with E-state index >= 15 is 0 Å². The molecule has 0 spiro atoms. The van der Waals surface area contributed by atoms with Gasteiger partial charge in [0.1, 0.15) is 0 Å². The highest BCUT2D eigenvalue weighted by Crippen LogP contribution is 2.57. The fourth-order valence-electron chi connectivity index (χ4n) is 18.8. The van der Waals surface area contributed by atoms with Gasteiger partial charge in [0.15, 0.2) is 0 Å². The van der Waals surface area contributed by atoms with Crippen molar-refractivity contribution in [1.29, 1.82) is 0 Å². The second kappa shape index (κ2) is 31.6. The highest BCUT2D eigenvalue weighted by molar-refractivity contribution is 7.00. The molecule has 0 bridgehead atoms. The van der Waals surface area contributed by atoms with E-state index in [-0.39, 0.29) is 46.0 Å². The smallest absolute Gasteiger partial charge is 0.252 e. The highest BCUT2D eigenvalue weighted by atomic mass is 15.2. The number of rotatable bonds is 15. The molecule has 5 heteroatoms. The molecule has 4 nitrogen and oxygen atoms in total. The first-order valence-electron chi connectivity index (χ1n) is 55.0. The molecule has 0 amide bonds. The predicted molar refractivity (Wildman–Crippen MR) is 550 cm³/mol. The second-order valence-electron chi connectivity index (χ2n) is 44.9. The molecule has 0 saturated heterocycles. The zero-order valence-electron chi connectivity index (χ0n) is 99.2. The molecule has 0 atom stereocenters. The van der Waals surface area contributed by atoms with Gasteiger partial charge in [0.25, 0.3) is 6.71 Å². The van der Waals surface area contributed by atoms with Gasteiger partial charge >= 0.3 is 0 Å². The van der Waals surface area contributed by atoms with E-state index in [9.17, 15) is 27.4 Å². The molecular formula is C121H137BN4. The molecule has 126 heavy (non-hydrogen) atoms. The number of nitrogens with zero attached hydrogens (tertiary/aromatic N) is 4. The van der Waals surface area contributed by atoms with Crippen molar-refractivity contribution in [2.24, 2.45) is 37.9 Å². The van der Waals surface area contributed by atoms with Crippen LogP contribution in [-0.2, 0) is 55.5 Å². The zero-order valence-corrected chi connectivity index (χ0v) is 79.2. The van der Waals surface area contributed by atoms with Gasteiger partial charge in [-0.3, -0.25) is 0 Å². The first-order chi connectivity index (χ1) is 67.0. The van der Waals surface area contributed by atoms with E-state index in [0.717, 1.165) is 22.2 Å². The number of hydrogen-bond donors (Lipinski definition) is 0. The number of aromatic nitrogens is 2. The molecule has 0 saturated carbocycles. The van der Waals surface area contributed by atoms with Crippen LogP contribution in [0.1, 0.15) is 264 Å². The largest absolute Gasteiger partial charge is 0.310 e. The lowest BCUT2D eigenvalue weighted by atomic mass is 9.33. The molecule has 17 rings (SSSR count). The minimum Gasteiger partial charge on any atom is -0.310 e. The number of anilines is 6. The summed E-state index contributed by atoms with van der Waals surface area (Å²) in [5, 5.41) is 1.13. The monoisotopic (exact) mass is 1680 g/mol. The lowest BCUT2D eigenvalue weighted by molar-refractivity contribution is 0.411. The average molecular weight is 1680 g/mol. The summed E-state index contributed by atoms with van der Waals surface area (Å²) in [5.74, 6) is 0. The van der Waals surface area contributed by atoms with Crippen LogP contribution in [-0.4, -0.2) is 15.8 Å². The molecule has 2 aliphatic heterocycles. The van der Waals surface area contributed by atoms with E-state index in [4.69, 9.17) is 0 Å². The molecule has 13 aromatic carbocycles. The van der Waals surface area contributed by atoms with Crippen molar-refractivity contribution >= 4 is 101 Å². The third kappa shape index (κ3) is 17.9. The van der Waals surface area contributed by atoms with Crippen molar-refractivity contribution in [3.05, 3.63) is 305 Å². The Morgan fingerprint density at radius 1 is 0.270 bits per heavy atom. The minimum absolute atomic E-state index is 0.136. The van der Waals surface area contributed by atoms with Crippen molar-refractivity contribution in [1.82, 2.24) is 9.13 Å². The van der Waals surface area contributed by atoms with Crippen molar-refractivity contribution in [3.8, 4) is 55.9 Å². The van der Waals surface area contributed by atoms with E-state index < -0.39 is 118 Å². The van der Waals surface area contributed by atoms with Crippen LogP contribution in [0, 0.1) is 37.9 Å². The van der Waals surface area contributed by atoms with Crippen LogP contribution in [0.25, 0.3) is 99.5 Å². The lowest BCUT2D eigenvalue weighted by Gasteiger charge is -2.46. The Morgan fingerprint density at radius 2 is 0.571 bits per heavy atom. The summed E-state index contributed by atoms with van der Waals surface area (Å²) >= 11 is 0. The third-order valence-electron chi connectivity index (χ3n) is 23.4. The van der Waals surface area contributed by atoms with E-state index in [1.165, 1.54) is 0 Å². The first-order valence-corrected chi connectivity index (χ1v) is 45.0. The van der Waals surface area contributed by atoms with Crippen LogP contribution in [0.3, 0.4) is 0 Å². The summed E-state index contributed by atoms with van der Waals surface area (Å²) in [6.07, 6.45) is -11.3. The Hall–Kier alpha value is -10.9. The van der Waals surface area contributed by atoms with E-state index in [1.807, 2.05) is 255 Å². The molecule has 2 aliphatic rings. The molecule has 0 unspecified atom stereocenters. The zero-order chi connectivity index (χ0) is 108. The molecule has 0 radical (unpaired) electrons. The highest BCUT2D eigenvalue weighted by Gasteiger charge is 2.47. The second-order valence-corrected chi connectivity index (χ2v) is 44.9. The van der Waals surface area contributed by atoms with E-state index in [1.54, 1.807) is 24.3 Å². The average Bonchev–Trinajstić information content (AvgIpc) is 0.829. The first kappa shape index (κ1) is 65.7. The summed E-state index contributed by atoms with van der Waals surface area (Å²) in [6.45, 7) is 52.4. The summed E-state index contributed by atoms with van der Waals surface area (Å²) < 4.78 is 203. The molecule has 0 N–H and O–H groups in total. The van der Waals surface area contributed by atoms with Crippen molar-refractivity contribution in [3.63, 3.8) is 0 Å². The number of para-hydroxylation sites is 2. The number of fused-ring (bicyclic) bond motifs is 10. The summed E-state index contributed by atoms with van der Waals surface area (Å²) in [4.78, 5) is 4.65. The Bertz CT molecular complexity index is 7270. The quantitative estimate of drug-likeness (QED) is 0.0951. The fourth-order valence-corrected chi connectivity index (χ4v) is 18.8. The Labute approximate surface area is 784 Å². The Kier molecular flexibility index (Phi) is 16.4. The van der Waals surface area contributed by atoms with Gasteiger partial charge < -0.3 is 18.9 Å². The maximum absolute atomic E-state index is 10.3. The lowest BCUT2D eigenvalue weighted by Crippen LogP contribution is -2.61. The van der Waals surface area contributed by atoms with Crippen LogP contribution < -0.4 is 26.2 Å². The van der Waals surface area contributed by atoms with Crippen LogP contribution in [0.5, 0.6) is 0 Å². The molecule has 2 aromatic heterocycles. The van der Waals surface area contributed by atoms with Gasteiger partial charge in [0.05, 0.1) is 44.4 Å². The third-order valence-corrected chi connectivity index (χ3v) is 23.4. The molecule has 0 fully saturated rings. The van der Waals surface area contributed by atoms with Gasteiger partial charge in [0, 0.05) is 94.4 Å². The van der Waals surface area contributed by atoms with Crippen LogP contribution >= 0.6 is 0 Å². The van der Waals surface area contributed by atoms with E-state index in [0.29, 0.717) is 163 Å². The number of benzene rings is 13. The van der Waals surface area contributed by atoms with Crippen molar-refractivity contribution < 1.29 is 27.4 Å². The Balaban J connectivity index is 1.15. The normalized spacial score (nSPS) is 16.7. The van der Waals surface area contributed by atoms with Crippen LogP contribution in [0.4, 0.5) is 34.1 Å². The topological polar surface area (TPSA) is 16.3 Å². The van der Waals surface area contributed by atoms with Gasteiger partial charge in [-0.05, 0) is 279 Å². The van der Waals surface area contributed by atoms with Gasteiger partial charge in [0.2, 0.25) is 0 Å². The maximum Gasteiger partial charge on any atom is 0.252 e. The van der Waals surface area contributed by atoms with E-state index in [2.05, 4.69) is 133 Å². The van der Waals surface area contributed by atoms with Crippen LogP contribution in [0.2, 0.25) is 0 Å². The van der Waals surface area contributed by atoms with Gasteiger partial charge in [-0.15, -0.1) is 0 Å². The standard InChI is InChI=1S/C121H137BN4/c1-113(2,3)70-77-36-32-40-84(56-77)94-64-88(120(22,23)24)65-95(85-41-33-37-78(57-85)71-114(4,5)6)111(94)125-106-68-90(123-102-46-30-28-44-92(102)98-60-81(48-54-104(98)123)74-117(13,14)15)50-52-100(106)122-101-53-51-91(124-103-47-31-29-45-93(103)99-61-82(49-55-105(99)124)75-118(16,17)18)69-107(101)126(109-63-83(76-119(19,20)21)62-108(125)110(109)122)112-96(86-42-34-38-79(58-86)72-115(7,8)9)66-89(121(25,26)27)67-97(112)87-43-35-39-80(59-87)73-116(10,11)12/h28-69H,70-76H2,1-27H3/i28D,29D,30D,31D,44D,45D,46D,47D,70D2,71D2,72D2,73D2,74D2,75D2. The maximum atomic E-state index is 10.3. The van der Waals surface area contributed by atoms with Gasteiger partial charge in [-0.1, -0.05) is 345 Å². The van der Waals surface area contributed by atoms with Gasteiger partial charge in [-0.2, -0.15) is 0 Å². The summed E-state index contributed by atoms with van der Waals surface area (Å²) in [6, 6.07) is 64.0. The Morgan fingerprint density at radius 3 is 0.865 bits per heavy atom. The molecule has 4 heterocycles. The molecular weight excluding hydrogens is 1520 g/mol.